The minimum Gasteiger partial charge on any atom is -0.422 e. The molecule has 0 aliphatic carbocycles. The van der Waals surface area contributed by atoms with Crippen molar-refractivity contribution in [1.82, 2.24) is 4.98 Å². The number of carbonyl (C=O) groups is 1. The van der Waals surface area contributed by atoms with Gasteiger partial charge in [-0.1, -0.05) is 36.4 Å². The number of benzene rings is 2. The minimum atomic E-state index is -0.664. The molecule has 0 atom stereocenters. The highest BCUT2D eigenvalue weighted by Crippen LogP contribution is 2.25. The highest BCUT2D eigenvalue weighted by molar-refractivity contribution is 7.98. The zero-order valence-corrected chi connectivity index (χ0v) is 15.7. The number of anilines is 1. The SMILES string of the molecule is O=C(Nc1nc(CSc2ccccc2)cs1)c1cc2ccccc2oc1=O. The minimum absolute atomic E-state index is 0.0379. The van der Waals surface area contributed by atoms with Gasteiger partial charge in [-0.05, 0) is 24.3 Å². The number of carbonyl (C=O) groups excluding carboxylic acids is 1. The first-order valence-corrected chi connectivity index (χ1v) is 10.0. The van der Waals surface area contributed by atoms with E-state index in [0.717, 1.165) is 10.6 Å². The summed E-state index contributed by atoms with van der Waals surface area (Å²) in [6, 6.07) is 18.6. The normalized spacial score (nSPS) is 10.8. The third kappa shape index (κ3) is 4.10. The third-order valence-corrected chi connectivity index (χ3v) is 5.64. The Morgan fingerprint density at radius 1 is 1.11 bits per heavy atom. The van der Waals surface area contributed by atoms with Crippen molar-refractivity contribution < 1.29 is 9.21 Å². The molecular formula is C20H14N2O3S2. The lowest BCUT2D eigenvalue weighted by Crippen LogP contribution is -2.20. The Bertz CT molecular complexity index is 1150. The maximum atomic E-state index is 12.5. The molecule has 2 heterocycles. The summed E-state index contributed by atoms with van der Waals surface area (Å²) in [5, 5.41) is 5.73. The van der Waals surface area contributed by atoms with Gasteiger partial charge in [0.25, 0.3) is 5.91 Å². The van der Waals surface area contributed by atoms with E-state index in [2.05, 4.69) is 10.3 Å². The quantitative estimate of drug-likeness (QED) is 0.389. The van der Waals surface area contributed by atoms with E-state index in [1.54, 1.807) is 30.0 Å². The topological polar surface area (TPSA) is 72.2 Å². The van der Waals surface area contributed by atoms with Gasteiger partial charge in [0, 0.05) is 21.4 Å². The average molecular weight is 394 g/mol. The van der Waals surface area contributed by atoms with Crippen molar-refractivity contribution in [2.24, 2.45) is 0 Å². The predicted molar refractivity (Wildman–Crippen MR) is 109 cm³/mol. The maximum absolute atomic E-state index is 12.5. The molecule has 2 aromatic heterocycles. The lowest BCUT2D eigenvalue weighted by Gasteiger charge is -2.02. The summed E-state index contributed by atoms with van der Waals surface area (Å²) in [7, 11) is 0. The molecule has 7 heteroatoms. The van der Waals surface area contributed by atoms with Crippen LogP contribution in [0.4, 0.5) is 5.13 Å². The monoisotopic (exact) mass is 394 g/mol. The summed E-state index contributed by atoms with van der Waals surface area (Å²) in [4.78, 5) is 30.1. The Balaban J connectivity index is 1.46. The van der Waals surface area contributed by atoms with Gasteiger partial charge in [-0.3, -0.25) is 10.1 Å². The number of thiazole rings is 1. The number of hydrogen-bond acceptors (Lipinski definition) is 6. The lowest BCUT2D eigenvalue weighted by molar-refractivity contribution is 0.102. The lowest BCUT2D eigenvalue weighted by atomic mass is 10.2. The summed E-state index contributed by atoms with van der Waals surface area (Å²) in [6.07, 6.45) is 0. The van der Waals surface area contributed by atoms with E-state index >= 15 is 0 Å². The van der Waals surface area contributed by atoms with Gasteiger partial charge in [0.15, 0.2) is 5.13 Å². The highest BCUT2D eigenvalue weighted by Gasteiger charge is 2.15. The largest absolute Gasteiger partial charge is 0.422 e. The Morgan fingerprint density at radius 2 is 1.89 bits per heavy atom. The molecule has 0 radical (unpaired) electrons. The van der Waals surface area contributed by atoms with E-state index in [-0.39, 0.29) is 5.56 Å². The molecule has 4 rings (SSSR count). The maximum Gasteiger partial charge on any atom is 0.349 e. The molecule has 0 bridgehead atoms. The summed E-state index contributed by atoms with van der Waals surface area (Å²) in [5.41, 5.74) is 0.620. The van der Waals surface area contributed by atoms with Crippen molar-refractivity contribution in [2.75, 3.05) is 5.32 Å². The molecule has 4 aromatic rings. The second kappa shape index (κ2) is 7.77. The zero-order chi connectivity index (χ0) is 18.6. The molecule has 0 saturated carbocycles. The van der Waals surface area contributed by atoms with Crippen molar-refractivity contribution in [1.29, 1.82) is 0 Å². The second-order valence-corrected chi connectivity index (χ2v) is 7.59. The number of thioether (sulfide) groups is 1. The van der Waals surface area contributed by atoms with Crippen LogP contribution in [0, 0.1) is 0 Å². The van der Waals surface area contributed by atoms with Crippen LogP contribution >= 0.6 is 23.1 Å². The molecule has 0 aliphatic rings. The predicted octanol–water partition coefficient (Wildman–Crippen LogP) is 4.79. The van der Waals surface area contributed by atoms with Crippen molar-refractivity contribution in [3.8, 4) is 0 Å². The molecule has 1 N–H and O–H groups in total. The van der Waals surface area contributed by atoms with Crippen molar-refractivity contribution in [3.63, 3.8) is 0 Å². The Morgan fingerprint density at radius 3 is 2.74 bits per heavy atom. The Hall–Kier alpha value is -2.90. The molecule has 5 nitrogen and oxygen atoms in total. The Kier molecular flexibility index (Phi) is 5.04. The van der Waals surface area contributed by atoms with E-state index in [1.165, 1.54) is 17.4 Å². The zero-order valence-electron chi connectivity index (χ0n) is 14.0. The van der Waals surface area contributed by atoms with Gasteiger partial charge in [0.1, 0.15) is 11.1 Å². The molecule has 0 unspecified atom stereocenters. The first-order chi connectivity index (χ1) is 13.2. The fourth-order valence-corrected chi connectivity index (χ4v) is 4.11. The van der Waals surface area contributed by atoms with E-state index in [1.807, 2.05) is 41.8 Å². The molecule has 2 aromatic carbocycles. The average Bonchev–Trinajstić information content (AvgIpc) is 3.14. The van der Waals surface area contributed by atoms with Crippen LogP contribution in [0.2, 0.25) is 0 Å². The summed E-state index contributed by atoms with van der Waals surface area (Å²) >= 11 is 3.00. The molecule has 134 valence electrons. The van der Waals surface area contributed by atoms with Crippen LogP contribution in [0.25, 0.3) is 11.0 Å². The number of para-hydroxylation sites is 1. The smallest absolute Gasteiger partial charge is 0.349 e. The number of amides is 1. The van der Waals surface area contributed by atoms with E-state index < -0.39 is 11.5 Å². The van der Waals surface area contributed by atoms with Crippen LogP contribution in [0.5, 0.6) is 0 Å². The van der Waals surface area contributed by atoms with Gasteiger partial charge in [0.2, 0.25) is 0 Å². The number of fused-ring (bicyclic) bond motifs is 1. The number of nitrogens with one attached hydrogen (secondary N) is 1. The van der Waals surface area contributed by atoms with Crippen LogP contribution < -0.4 is 10.9 Å². The van der Waals surface area contributed by atoms with E-state index in [4.69, 9.17) is 4.42 Å². The standard InChI is InChI=1S/C20H14N2O3S2/c23-18(16-10-13-6-4-5-9-17(13)25-19(16)24)22-20-21-14(12-27-20)11-26-15-7-2-1-3-8-15/h1-10,12H,11H2,(H,21,22,23). The molecule has 0 fully saturated rings. The van der Waals surface area contributed by atoms with Crippen molar-refractivity contribution in [2.45, 2.75) is 10.6 Å². The molecule has 1 amide bonds. The van der Waals surface area contributed by atoms with Gasteiger partial charge in [0.05, 0.1) is 5.69 Å². The number of aromatic nitrogens is 1. The second-order valence-electron chi connectivity index (χ2n) is 5.69. The third-order valence-electron chi connectivity index (χ3n) is 3.79. The number of rotatable bonds is 5. The van der Waals surface area contributed by atoms with Crippen molar-refractivity contribution in [3.05, 3.63) is 87.7 Å². The molecule has 0 saturated heterocycles. The first-order valence-electron chi connectivity index (χ1n) is 8.15. The van der Waals surface area contributed by atoms with Crippen LogP contribution in [0.3, 0.4) is 0 Å². The van der Waals surface area contributed by atoms with E-state index in [9.17, 15) is 9.59 Å². The first kappa shape index (κ1) is 17.5. The molecule has 0 aliphatic heterocycles. The Labute approximate surface area is 163 Å². The number of hydrogen-bond donors (Lipinski definition) is 1. The molecule has 0 spiro atoms. The molecule has 27 heavy (non-hydrogen) atoms. The highest BCUT2D eigenvalue weighted by atomic mass is 32.2. The fraction of sp³-hybridized carbons (Fsp3) is 0.0500. The van der Waals surface area contributed by atoms with Crippen LogP contribution in [0.1, 0.15) is 16.1 Å². The van der Waals surface area contributed by atoms with Gasteiger partial charge < -0.3 is 4.42 Å². The summed E-state index contributed by atoms with van der Waals surface area (Å²) in [6.45, 7) is 0. The van der Waals surface area contributed by atoms with Crippen LogP contribution in [0.15, 0.2) is 80.2 Å². The van der Waals surface area contributed by atoms with Gasteiger partial charge >= 0.3 is 5.63 Å². The van der Waals surface area contributed by atoms with Gasteiger partial charge in [-0.2, -0.15) is 0 Å². The van der Waals surface area contributed by atoms with Crippen LogP contribution in [-0.2, 0) is 5.75 Å². The van der Waals surface area contributed by atoms with Gasteiger partial charge in [-0.25, -0.2) is 9.78 Å². The molecular weight excluding hydrogens is 380 g/mol. The van der Waals surface area contributed by atoms with Crippen molar-refractivity contribution >= 4 is 45.1 Å². The number of nitrogens with zero attached hydrogens (tertiary/aromatic N) is 1. The van der Waals surface area contributed by atoms with E-state index in [0.29, 0.717) is 21.9 Å². The van der Waals surface area contributed by atoms with Gasteiger partial charge in [-0.15, -0.1) is 23.1 Å². The van der Waals surface area contributed by atoms with Crippen LogP contribution in [-0.4, -0.2) is 10.9 Å². The summed E-state index contributed by atoms with van der Waals surface area (Å²) in [5.74, 6) is 0.181. The fourth-order valence-electron chi connectivity index (χ4n) is 2.49. The summed E-state index contributed by atoms with van der Waals surface area (Å²) < 4.78 is 5.21.